The molecule has 0 saturated carbocycles. The summed E-state index contributed by atoms with van der Waals surface area (Å²) in [6.07, 6.45) is 0. The number of fused-ring (bicyclic) bond motifs is 4. The van der Waals surface area contributed by atoms with Gasteiger partial charge in [0.05, 0.1) is 22.9 Å². The second-order valence-corrected chi connectivity index (χ2v) is 9.40. The van der Waals surface area contributed by atoms with E-state index >= 15 is 0 Å². The minimum Gasteiger partial charge on any atom is -0.357 e. The fraction of sp³-hybridized carbons (Fsp3) is 0.381. The molecule has 3 N–H and O–H groups in total. The van der Waals surface area contributed by atoms with E-state index in [1.165, 1.54) is 11.3 Å². The normalized spacial score (nSPS) is 23.0. The number of thiazole rings is 1. The maximum absolute atomic E-state index is 13.4. The number of aromatic nitrogens is 2. The zero-order valence-electron chi connectivity index (χ0n) is 16.0. The van der Waals surface area contributed by atoms with Crippen molar-refractivity contribution in [1.29, 1.82) is 5.26 Å². The number of benzene rings is 1. The molecule has 1 aliphatic heterocycles. The fourth-order valence-electron chi connectivity index (χ4n) is 4.37. The molecule has 7 heteroatoms. The Hall–Kier alpha value is -2.69. The Morgan fingerprint density at radius 1 is 1.39 bits per heavy atom. The molecule has 5 rings (SSSR count). The molecule has 2 atom stereocenters. The molecule has 1 fully saturated rings. The van der Waals surface area contributed by atoms with E-state index in [9.17, 15) is 10.1 Å². The Bertz CT molecular complexity index is 1170. The van der Waals surface area contributed by atoms with Crippen LogP contribution in [-0.4, -0.2) is 34.9 Å². The van der Waals surface area contributed by atoms with Crippen LogP contribution < -0.4 is 10.6 Å². The van der Waals surface area contributed by atoms with Gasteiger partial charge in [-0.1, -0.05) is 24.3 Å². The van der Waals surface area contributed by atoms with Crippen molar-refractivity contribution in [3.05, 3.63) is 45.6 Å². The molecular weight excluding hydrogens is 370 g/mol. The van der Waals surface area contributed by atoms with E-state index in [1.807, 2.05) is 6.07 Å². The molecule has 2 aliphatic rings. The van der Waals surface area contributed by atoms with Crippen molar-refractivity contribution in [3.63, 3.8) is 0 Å². The first-order valence-corrected chi connectivity index (χ1v) is 10.3. The summed E-state index contributed by atoms with van der Waals surface area (Å²) in [5, 5.41) is 10.9. The molecule has 1 aromatic carbocycles. The number of anilines is 1. The first-order valence-electron chi connectivity index (χ1n) is 9.44. The van der Waals surface area contributed by atoms with Crippen LogP contribution in [-0.2, 0) is 5.41 Å². The van der Waals surface area contributed by atoms with Gasteiger partial charge in [0.2, 0.25) is 5.78 Å². The number of carbonyl (C=O) groups is 1. The number of H-pyrrole nitrogens is 1. The van der Waals surface area contributed by atoms with Crippen molar-refractivity contribution >= 4 is 33.2 Å². The molecule has 3 heterocycles. The van der Waals surface area contributed by atoms with Gasteiger partial charge in [-0.15, -0.1) is 0 Å². The minimum absolute atomic E-state index is 0.0144. The summed E-state index contributed by atoms with van der Waals surface area (Å²) in [4.78, 5) is 24.6. The fourth-order valence-corrected chi connectivity index (χ4v) is 5.56. The lowest BCUT2D eigenvalue weighted by molar-refractivity contribution is 0.103. The van der Waals surface area contributed by atoms with E-state index in [0.717, 1.165) is 40.5 Å². The van der Waals surface area contributed by atoms with Crippen LogP contribution in [0.25, 0.3) is 10.9 Å². The summed E-state index contributed by atoms with van der Waals surface area (Å²) in [5.41, 5.74) is 9.56. The van der Waals surface area contributed by atoms with Crippen LogP contribution in [0.4, 0.5) is 5.13 Å². The highest BCUT2D eigenvalue weighted by atomic mass is 32.1. The Balaban J connectivity index is 1.66. The molecule has 1 saturated heterocycles. The molecular formula is C21H21N5OS. The SMILES string of the molecule is CC1CN(c2nc3c(s2)C(=O)c2c([nH]c4cc(C#N)ccc24)C3(C)C)CC1N. The number of nitrogens with two attached hydrogens (primary N) is 1. The number of aromatic amines is 1. The quantitative estimate of drug-likeness (QED) is 0.664. The van der Waals surface area contributed by atoms with Gasteiger partial charge in [-0.3, -0.25) is 4.79 Å². The monoisotopic (exact) mass is 391 g/mol. The zero-order valence-corrected chi connectivity index (χ0v) is 16.9. The molecule has 6 nitrogen and oxygen atoms in total. The van der Waals surface area contributed by atoms with E-state index in [-0.39, 0.29) is 11.8 Å². The van der Waals surface area contributed by atoms with Crippen molar-refractivity contribution in [2.45, 2.75) is 32.2 Å². The van der Waals surface area contributed by atoms with Gasteiger partial charge >= 0.3 is 0 Å². The van der Waals surface area contributed by atoms with Gasteiger partial charge in [0.1, 0.15) is 4.88 Å². The lowest BCUT2D eigenvalue weighted by Gasteiger charge is -2.28. The van der Waals surface area contributed by atoms with E-state index in [1.54, 1.807) is 12.1 Å². The van der Waals surface area contributed by atoms with Gasteiger partial charge in [-0.25, -0.2) is 4.98 Å². The largest absolute Gasteiger partial charge is 0.357 e. The van der Waals surface area contributed by atoms with Crippen molar-refractivity contribution in [2.24, 2.45) is 11.7 Å². The third kappa shape index (κ3) is 2.22. The van der Waals surface area contributed by atoms with Gasteiger partial charge in [0.25, 0.3) is 0 Å². The molecule has 1 aliphatic carbocycles. The van der Waals surface area contributed by atoms with E-state index in [0.29, 0.717) is 21.9 Å². The first-order chi connectivity index (χ1) is 13.3. The van der Waals surface area contributed by atoms with Crippen molar-refractivity contribution < 1.29 is 4.79 Å². The number of rotatable bonds is 1. The molecule has 0 bridgehead atoms. The average Bonchev–Trinajstić information content (AvgIpc) is 3.36. The number of nitriles is 1. The molecule has 0 amide bonds. The lowest BCUT2D eigenvalue weighted by atomic mass is 9.77. The van der Waals surface area contributed by atoms with Crippen LogP contribution in [0, 0.1) is 17.2 Å². The van der Waals surface area contributed by atoms with Crippen molar-refractivity contribution in [1.82, 2.24) is 9.97 Å². The Labute approximate surface area is 167 Å². The van der Waals surface area contributed by atoms with Crippen LogP contribution in [0.3, 0.4) is 0 Å². The molecule has 2 unspecified atom stereocenters. The number of hydrogen-bond donors (Lipinski definition) is 2. The van der Waals surface area contributed by atoms with Gasteiger partial charge in [-0.05, 0) is 31.9 Å². The average molecular weight is 392 g/mol. The van der Waals surface area contributed by atoms with Crippen molar-refractivity contribution in [3.8, 4) is 6.07 Å². The van der Waals surface area contributed by atoms with Crippen LogP contribution in [0.1, 0.15) is 53.0 Å². The van der Waals surface area contributed by atoms with E-state index < -0.39 is 5.41 Å². The summed E-state index contributed by atoms with van der Waals surface area (Å²) in [7, 11) is 0. The Morgan fingerprint density at radius 3 is 2.86 bits per heavy atom. The van der Waals surface area contributed by atoms with Crippen LogP contribution in [0.15, 0.2) is 18.2 Å². The Morgan fingerprint density at radius 2 is 2.18 bits per heavy atom. The number of hydrogen-bond acceptors (Lipinski definition) is 6. The van der Waals surface area contributed by atoms with Crippen molar-refractivity contribution in [2.75, 3.05) is 18.0 Å². The number of carbonyl (C=O) groups excluding carboxylic acids is 1. The van der Waals surface area contributed by atoms with Crippen LogP contribution >= 0.6 is 11.3 Å². The van der Waals surface area contributed by atoms with Crippen LogP contribution in [0.2, 0.25) is 0 Å². The Kier molecular flexibility index (Phi) is 3.52. The first kappa shape index (κ1) is 17.4. The molecule has 28 heavy (non-hydrogen) atoms. The molecule has 3 aromatic rings. The van der Waals surface area contributed by atoms with Gasteiger partial charge in [0.15, 0.2) is 5.13 Å². The predicted octanol–water partition coefficient (Wildman–Crippen LogP) is 3.15. The molecule has 0 radical (unpaired) electrons. The number of nitrogens with zero attached hydrogens (tertiary/aromatic N) is 3. The predicted molar refractivity (Wildman–Crippen MR) is 110 cm³/mol. The standard InChI is InChI=1S/C21H21N5OS/c1-10-8-26(9-13(10)23)20-25-19-17(28-20)16(27)15-12-5-4-11(7-22)6-14(12)24-18(15)21(19,2)3/h4-6,10,13,24H,8-9,23H2,1-3H3. The van der Waals surface area contributed by atoms with E-state index in [4.69, 9.17) is 10.7 Å². The number of ketones is 1. The number of nitrogens with one attached hydrogen (secondary N) is 1. The maximum Gasteiger partial charge on any atom is 0.207 e. The second kappa shape index (κ2) is 5.66. The summed E-state index contributed by atoms with van der Waals surface area (Å²) >= 11 is 1.47. The smallest absolute Gasteiger partial charge is 0.207 e. The topological polar surface area (TPSA) is 98.8 Å². The lowest BCUT2D eigenvalue weighted by Crippen LogP contribution is -2.30. The highest BCUT2D eigenvalue weighted by Crippen LogP contribution is 2.46. The third-order valence-electron chi connectivity index (χ3n) is 6.13. The molecule has 0 spiro atoms. The minimum atomic E-state index is -0.424. The highest BCUT2D eigenvalue weighted by Gasteiger charge is 2.43. The summed E-state index contributed by atoms with van der Waals surface area (Å²) in [5.74, 6) is 0.427. The summed E-state index contributed by atoms with van der Waals surface area (Å²) < 4.78 is 0. The molecule has 2 aromatic heterocycles. The van der Waals surface area contributed by atoms with Gasteiger partial charge < -0.3 is 15.6 Å². The zero-order chi connectivity index (χ0) is 19.8. The highest BCUT2D eigenvalue weighted by molar-refractivity contribution is 7.18. The van der Waals surface area contributed by atoms with Gasteiger partial charge in [0, 0.05) is 41.1 Å². The van der Waals surface area contributed by atoms with Crippen LogP contribution in [0.5, 0.6) is 0 Å². The third-order valence-corrected chi connectivity index (χ3v) is 7.25. The summed E-state index contributed by atoms with van der Waals surface area (Å²) in [6.45, 7) is 7.99. The maximum atomic E-state index is 13.4. The molecule has 142 valence electrons. The van der Waals surface area contributed by atoms with E-state index in [2.05, 4.69) is 36.7 Å². The van der Waals surface area contributed by atoms with Gasteiger partial charge in [-0.2, -0.15) is 5.26 Å². The second-order valence-electron chi connectivity index (χ2n) is 8.42. The summed E-state index contributed by atoms with van der Waals surface area (Å²) in [6, 6.07) is 7.72.